The van der Waals surface area contributed by atoms with E-state index in [-0.39, 0.29) is 0 Å². The van der Waals surface area contributed by atoms with Crippen LogP contribution < -0.4 is 9.64 Å². The maximum Gasteiger partial charge on any atom is 0.143 e. The van der Waals surface area contributed by atoms with Crippen molar-refractivity contribution in [1.82, 2.24) is 0 Å². The Bertz CT molecular complexity index is 3560. The van der Waals surface area contributed by atoms with E-state index in [1.165, 1.54) is 27.8 Å². The number of furan rings is 1. The van der Waals surface area contributed by atoms with Gasteiger partial charge in [0.05, 0.1) is 11.1 Å². The molecule has 0 saturated heterocycles. The second-order valence-electron chi connectivity index (χ2n) is 16.8. The number of benzene rings is 10. The number of nitrogens with zero attached hydrogens (tertiary/aromatic N) is 1. The van der Waals surface area contributed by atoms with Crippen LogP contribution in [0, 0.1) is 0 Å². The standard InChI is InChI=1S/C61H39NO2/c1-4-18-41(19-5-1)49(36-40-32-34-55-59(37-40)63-58-31-17-16-30-54(58)61(55)52-28-14-12-24-45(52)46-25-13-15-29-53(46)61)42-33-35-57-50(38-42)51-39-56(47-26-10-11-27-48(47)60(51)64-57)62(43-20-6-2-7-21-43)44-22-8-3-9-23-44/h1-39H/b49-36+. The number of fused-ring (bicyclic) bond motifs is 14. The van der Waals surface area contributed by atoms with Crippen molar-refractivity contribution in [3.05, 3.63) is 269 Å². The van der Waals surface area contributed by atoms with Gasteiger partial charge in [0.25, 0.3) is 0 Å². The number of hydrogen-bond acceptors (Lipinski definition) is 3. The molecule has 11 aromatic rings. The van der Waals surface area contributed by atoms with Crippen LogP contribution in [-0.4, -0.2) is 0 Å². The number of rotatable bonds is 6. The van der Waals surface area contributed by atoms with Crippen LogP contribution in [0.2, 0.25) is 0 Å². The third-order valence-electron chi connectivity index (χ3n) is 13.3. The Morgan fingerprint density at radius 2 is 0.984 bits per heavy atom. The van der Waals surface area contributed by atoms with Crippen molar-refractivity contribution in [2.45, 2.75) is 5.41 Å². The van der Waals surface area contributed by atoms with Gasteiger partial charge in [-0.2, -0.15) is 0 Å². The summed E-state index contributed by atoms with van der Waals surface area (Å²) >= 11 is 0. The Hall–Kier alpha value is -8.40. The molecule has 0 saturated carbocycles. The van der Waals surface area contributed by atoms with E-state index in [1.807, 2.05) is 0 Å². The Labute approximate surface area is 371 Å². The molecule has 2 aliphatic rings. The molecule has 1 spiro atoms. The Balaban J connectivity index is 1.00. The highest BCUT2D eigenvalue weighted by Gasteiger charge is 2.50. The van der Waals surface area contributed by atoms with Gasteiger partial charge in [0.1, 0.15) is 22.7 Å². The van der Waals surface area contributed by atoms with Gasteiger partial charge >= 0.3 is 0 Å². The monoisotopic (exact) mass is 817 g/mol. The van der Waals surface area contributed by atoms with Crippen LogP contribution in [-0.2, 0) is 5.41 Å². The first kappa shape index (κ1) is 36.3. The summed E-state index contributed by atoms with van der Waals surface area (Å²) < 4.78 is 13.7. The zero-order chi connectivity index (χ0) is 42.2. The third kappa shape index (κ3) is 5.41. The van der Waals surface area contributed by atoms with Crippen LogP contribution in [0.25, 0.3) is 55.5 Å². The third-order valence-corrected chi connectivity index (χ3v) is 13.3. The van der Waals surface area contributed by atoms with Gasteiger partial charge in [0, 0.05) is 44.0 Å². The molecule has 1 aliphatic carbocycles. The molecule has 13 rings (SSSR count). The molecule has 0 unspecified atom stereocenters. The molecule has 0 N–H and O–H groups in total. The Kier molecular flexibility index (Phi) is 8.13. The van der Waals surface area contributed by atoms with Crippen LogP contribution in [0.3, 0.4) is 0 Å². The average molecular weight is 818 g/mol. The van der Waals surface area contributed by atoms with Crippen LogP contribution in [0.4, 0.5) is 17.1 Å². The van der Waals surface area contributed by atoms with E-state index in [0.29, 0.717) is 0 Å². The quantitative estimate of drug-likeness (QED) is 0.156. The fourth-order valence-electron chi connectivity index (χ4n) is 10.6. The second kappa shape index (κ2) is 14.3. The van der Waals surface area contributed by atoms with Crippen molar-refractivity contribution in [2.24, 2.45) is 0 Å². The topological polar surface area (TPSA) is 25.6 Å². The molecular weight excluding hydrogens is 779 g/mol. The second-order valence-corrected chi connectivity index (χ2v) is 16.8. The summed E-state index contributed by atoms with van der Waals surface area (Å²) in [5.41, 5.74) is 16.3. The highest BCUT2D eigenvalue weighted by Crippen LogP contribution is 2.62. The summed E-state index contributed by atoms with van der Waals surface area (Å²) in [5.74, 6) is 1.75. The van der Waals surface area contributed by atoms with Crippen molar-refractivity contribution in [1.29, 1.82) is 0 Å². The summed E-state index contributed by atoms with van der Waals surface area (Å²) in [5, 5.41) is 4.33. The summed E-state index contributed by atoms with van der Waals surface area (Å²) in [6.45, 7) is 0. The summed E-state index contributed by atoms with van der Waals surface area (Å²) in [6, 6.07) is 82.5. The summed E-state index contributed by atoms with van der Waals surface area (Å²) in [7, 11) is 0. The molecule has 10 aromatic carbocycles. The average Bonchev–Trinajstić information content (AvgIpc) is 3.88. The van der Waals surface area contributed by atoms with Crippen molar-refractivity contribution >= 4 is 61.4 Å². The number of hydrogen-bond donors (Lipinski definition) is 0. The summed E-state index contributed by atoms with van der Waals surface area (Å²) in [6.07, 6.45) is 2.31. The van der Waals surface area contributed by atoms with Gasteiger partial charge in [0.15, 0.2) is 0 Å². The SMILES string of the molecule is C(=C(/c1ccccc1)c1ccc2oc3c4ccccc4c(N(c4ccccc4)c4ccccc4)cc3c2c1)/c1ccc2c(c1)Oc1ccccc1C21c2ccccc2-c2ccccc21. The molecule has 0 radical (unpaired) electrons. The van der Waals surface area contributed by atoms with Gasteiger partial charge in [-0.3, -0.25) is 0 Å². The van der Waals surface area contributed by atoms with Crippen molar-refractivity contribution < 1.29 is 9.15 Å². The van der Waals surface area contributed by atoms with Gasteiger partial charge in [0.2, 0.25) is 0 Å². The molecule has 64 heavy (non-hydrogen) atoms. The number of para-hydroxylation sites is 3. The molecule has 0 fully saturated rings. The van der Waals surface area contributed by atoms with Crippen LogP contribution in [0.15, 0.2) is 235 Å². The smallest absolute Gasteiger partial charge is 0.143 e. The van der Waals surface area contributed by atoms with Crippen LogP contribution in [0.5, 0.6) is 11.5 Å². The Morgan fingerprint density at radius 3 is 1.69 bits per heavy atom. The first-order valence-electron chi connectivity index (χ1n) is 21.9. The van der Waals surface area contributed by atoms with Crippen LogP contribution in [0.1, 0.15) is 38.9 Å². The molecule has 0 bridgehead atoms. The lowest BCUT2D eigenvalue weighted by atomic mass is 9.66. The predicted octanol–water partition coefficient (Wildman–Crippen LogP) is 16.3. The van der Waals surface area contributed by atoms with Gasteiger partial charge in [-0.05, 0) is 105 Å². The number of anilines is 3. The molecule has 1 aromatic heterocycles. The molecule has 1 aliphatic heterocycles. The molecule has 0 atom stereocenters. The fourth-order valence-corrected chi connectivity index (χ4v) is 10.6. The highest BCUT2D eigenvalue weighted by molar-refractivity contribution is 6.20. The fraction of sp³-hybridized carbons (Fsp3) is 0.0164. The van der Waals surface area contributed by atoms with E-state index in [0.717, 1.165) is 89.1 Å². The van der Waals surface area contributed by atoms with E-state index in [4.69, 9.17) is 9.15 Å². The van der Waals surface area contributed by atoms with Crippen molar-refractivity contribution in [2.75, 3.05) is 4.90 Å². The Morgan fingerprint density at radius 1 is 0.406 bits per heavy atom. The maximum absolute atomic E-state index is 6.91. The minimum atomic E-state index is -0.505. The zero-order valence-electron chi connectivity index (χ0n) is 34.8. The van der Waals surface area contributed by atoms with E-state index in [9.17, 15) is 0 Å². The van der Waals surface area contributed by atoms with Gasteiger partial charge in [-0.25, -0.2) is 0 Å². The van der Waals surface area contributed by atoms with E-state index in [2.05, 4.69) is 241 Å². The van der Waals surface area contributed by atoms with Gasteiger partial charge in [-0.1, -0.05) is 176 Å². The molecule has 300 valence electrons. The van der Waals surface area contributed by atoms with Crippen molar-refractivity contribution in [3.63, 3.8) is 0 Å². The van der Waals surface area contributed by atoms with Gasteiger partial charge < -0.3 is 14.1 Å². The van der Waals surface area contributed by atoms with E-state index >= 15 is 0 Å². The molecule has 3 heteroatoms. The normalized spacial score (nSPS) is 13.3. The predicted molar refractivity (Wildman–Crippen MR) is 263 cm³/mol. The molecule has 0 amide bonds. The molecule has 2 heterocycles. The van der Waals surface area contributed by atoms with Crippen LogP contribution >= 0.6 is 0 Å². The lowest BCUT2D eigenvalue weighted by molar-refractivity contribution is 0.436. The molecular formula is C61H39NO2. The minimum absolute atomic E-state index is 0.505. The van der Waals surface area contributed by atoms with Crippen molar-refractivity contribution in [3.8, 4) is 22.6 Å². The molecule has 3 nitrogen and oxygen atoms in total. The lowest BCUT2D eigenvalue weighted by Crippen LogP contribution is -2.32. The summed E-state index contributed by atoms with van der Waals surface area (Å²) in [4.78, 5) is 2.35. The number of ether oxygens (including phenoxy) is 1. The zero-order valence-corrected chi connectivity index (χ0v) is 34.8. The minimum Gasteiger partial charge on any atom is -0.457 e. The first-order valence-corrected chi connectivity index (χ1v) is 21.9. The van der Waals surface area contributed by atoms with Gasteiger partial charge in [-0.15, -0.1) is 0 Å². The largest absolute Gasteiger partial charge is 0.457 e. The van der Waals surface area contributed by atoms with E-state index in [1.54, 1.807) is 0 Å². The van der Waals surface area contributed by atoms with E-state index < -0.39 is 5.41 Å². The maximum atomic E-state index is 6.91. The first-order chi connectivity index (χ1) is 31.7. The lowest BCUT2D eigenvalue weighted by Gasteiger charge is -2.39. The highest BCUT2D eigenvalue weighted by atomic mass is 16.5.